The SMILES string of the molecule is Cc1nnc(-c2cnc3cnc(NC(=O)C4CCN(CCC(F)(F)F)CC4)cc3c2)n1C. The molecule has 1 N–H and O–H groups in total. The van der Waals surface area contributed by atoms with Crippen LogP contribution in [0.25, 0.3) is 22.3 Å². The van der Waals surface area contributed by atoms with Crippen molar-refractivity contribution in [3.63, 3.8) is 0 Å². The van der Waals surface area contributed by atoms with Crippen LogP contribution in [0, 0.1) is 12.8 Å². The third kappa shape index (κ3) is 5.04. The third-order valence-electron chi connectivity index (χ3n) is 5.84. The molecule has 0 saturated carbocycles. The number of rotatable bonds is 5. The third-order valence-corrected chi connectivity index (χ3v) is 5.84. The van der Waals surface area contributed by atoms with E-state index in [0.29, 0.717) is 43.1 Å². The number of carbonyl (C=O) groups is 1. The van der Waals surface area contributed by atoms with E-state index >= 15 is 0 Å². The molecule has 0 aliphatic carbocycles. The summed E-state index contributed by atoms with van der Waals surface area (Å²) in [6.45, 7) is 2.79. The molecule has 0 atom stereocenters. The zero-order valence-electron chi connectivity index (χ0n) is 17.9. The number of aromatic nitrogens is 5. The summed E-state index contributed by atoms with van der Waals surface area (Å²) in [5, 5.41) is 11.9. The molecule has 4 rings (SSSR count). The Labute approximate surface area is 182 Å². The highest BCUT2D eigenvalue weighted by molar-refractivity contribution is 5.94. The number of nitrogens with one attached hydrogen (secondary N) is 1. The number of halogens is 3. The van der Waals surface area contributed by atoms with Crippen LogP contribution in [0.3, 0.4) is 0 Å². The van der Waals surface area contributed by atoms with E-state index in [1.54, 1.807) is 23.4 Å². The maximum absolute atomic E-state index is 12.7. The number of likely N-dealkylation sites (tertiary alicyclic amines) is 1. The van der Waals surface area contributed by atoms with Crippen molar-refractivity contribution < 1.29 is 18.0 Å². The summed E-state index contributed by atoms with van der Waals surface area (Å²) in [5.41, 5.74) is 1.49. The average molecular weight is 447 g/mol. The smallest absolute Gasteiger partial charge is 0.314 e. The van der Waals surface area contributed by atoms with Crippen LogP contribution in [0.4, 0.5) is 19.0 Å². The zero-order valence-corrected chi connectivity index (χ0v) is 17.9. The van der Waals surface area contributed by atoms with Gasteiger partial charge in [-0.05, 0) is 45.0 Å². The molecule has 3 aromatic rings. The first kappa shape index (κ1) is 22.1. The molecule has 170 valence electrons. The number of hydrogen-bond donors (Lipinski definition) is 1. The quantitative estimate of drug-likeness (QED) is 0.646. The standard InChI is InChI=1S/C21H24F3N7O/c1-13-28-29-19(30(13)2)16-9-15-10-18(26-12-17(15)25-11-16)27-20(32)14-3-6-31(7-4-14)8-5-21(22,23)24/h9-12,14H,3-8H2,1-2H3,(H,26,27,32). The van der Waals surface area contributed by atoms with Crippen molar-refractivity contribution >= 4 is 22.6 Å². The highest BCUT2D eigenvalue weighted by atomic mass is 19.4. The molecule has 11 heteroatoms. The van der Waals surface area contributed by atoms with E-state index < -0.39 is 12.6 Å². The van der Waals surface area contributed by atoms with Gasteiger partial charge in [-0.15, -0.1) is 10.2 Å². The van der Waals surface area contributed by atoms with Gasteiger partial charge in [0.05, 0.1) is 18.1 Å². The summed E-state index contributed by atoms with van der Waals surface area (Å²) < 4.78 is 39.1. The lowest BCUT2D eigenvalue weighted by molar-refractivity contribution is -0.139. The molecule has 0 aromatic carbocycles. The van der Waals surface area contributed by atoms with Gasteiger partial charge in [0, 0.05) is 36.7 Å². The molecule has 0 unspecified atom stereocenters. The van der Waals surface area contributed by atoms with Crippen LogP contribution in [0.1, 0.15) is 25.1 Å². The lowest BCUT2D eigenvalue weighted by atomic mass is 9.96. The molecule has 0 bridgehead atoms. The van der Waals surface area contributed by atoms with Crippen molar-refractivity contribution in [2.45, 2.75) is 32.4 Å². The Hall–Kier alpha value is -3.08. The van der Waals surface area contributed by atoms with Crippen molar-refractivity contribution in [2.75, 3.05) is 25.0 Å². The number of piperidine rings is 1. The lowest BCUT2D eigenvalue weighted by Crippen LogP contribution is -2.39. The van der Waals surface area contributed by atoms with Gasteiger partial charge >= 0.3 is 6.18 Å². The minimum atomic E-state index is -4.16. The Morgan fingerprint density at radius 1 is 1.16 bits per heavy atom. The largest absolute Gasteiger partial charge is 0.390 e. The summed E-state index contributed by atoms with van der Waals surface area (Å²) in [6, 6.07) is 3.67. The second kappa shape index (κ2) is 8.81. The maximum Gasteiger partial charge on any atom is 0.390 e. The van der Waals surface area contributed by atoms with Crippen molar-refractivity contribution in [3.05, 3.63) is 30.4 Å². The predicted octanol–water partition coefficient (Wildman–Crippen LogP) is 3.34. The molecule has 8 nitrogen and oxygen atoms in total. The van der Waals surface area contributed by atoms with Gasteiger partial charge in [-0.1, -0.05) is 0 Å². The molecule has 3 aromatic heterocycles. The van der Waals surface area contributed by atoms with E-state index in [1.165, 1.54) is 0 Å². The molecule has 1 fully saturated rings. The van der Waals surface area contributed by atoms with Crippen LogP contribution < -0.4 is 5.32 Å². The number of pyridine rings is 2. The molecule has 4 heterocycles. The van der Waals surface area contributed by atoms with E-state index in [-0.39, 0.29) is 18.4 Å². The van der Waals surface area contributed by atoms with Gasteiger partial charge in [0.25, 0.3) is 0 Å². The van der Waals surface area contributed by atoms with E-state index in [2.05, 4.69) is 25.5 Å². The minimum absolute atomic E-state index is 0.0234. The predicted molar refractivity (Wildman–Crippen MR) is 113 cm³/mol. The Kier molecular flexibility index (Phi) is 6.09. The molecule has 0 spiro atoms. The van der Waals surface area contributed by atoms with Crippen molar-refractivity contribution in [1.82, 2.24) is 29.6 Å². The molecule has 32 heavy (non-hydrogen) atoms. The second-order valence-corrected chi connectivity index (χ2v) is 8.09. The number of fused-ring (bicyclic) bond motifs is 1. The molecule has 0 radical (unpaired) electrons. The Morgan fingerprint density at radius 2 is 1.91 bits per heavy atom. The summed E-state index contributed by atoms with van der Waals surface area (Å²) in [7, 11) is 1.88. The average Bonchev–Trinajstić information content (AvgIpc) is 3.10. The highest BCUT2D eigenvalue weighted by Crippen LogP contribution is 2.25. The number of aryl methyl sites for hydroxylation is 1. The van der Waals surface area contributed by atoms with Crippen molar-refractivity contribution in [3.8, 4) is 11.4 Å². The monoisotopic (exact) mass is 447 g/mol. The van der Waals surface area contributed by atoms with Gasteiger partial charge in [-0.25, -0.2) is 4.98 Å². The number of anilines is 1. The molecule has 1 aliphatic rings. The first-order chi connectivity index (χ1) is 15.2. The molecule has 1 amide bonds. The first-order valence-corrected chi connectivity index (χ1v) is 10.4. The van der Waals surface area contributed by atoms with Gasteiger partial charge in [0.2, 0.25) is 5.91 Å². The molecule has 1 aliphatic heterocycles. The van der Waals surface area contributed by atoms with Crippen LogP contribution in [0.5, 0.6) is 0 Å². The van der Waals surface area contributed by atoms with Gasteiger partial charge in [0.15, 0.2) is 5.82 Å². The summed E-state index contributed by atoms with van der Waals surface area (Å²) in [5.74, 6) is 1.47. The number of hydrogen-bond acceptors (Lipinski definition) is 6. The highest BCUT2D eigenvalue weighted by Gasteiger charge is 2.30. The van der Waals surface area contributed by atoms with Gasteiger partial charge in [0.1, 0.15) is 11.6 Å². The van der Waals surface area contributed by atoms with Gasteiger partial charge in [-0.2, -0.15) is 13.2 Å². The van der Waals surface area contributed by atoms with Gasteiger partial charge < -0.3 is 14.8 Å². The Morgan fingerprint density at radius 3 is 2.56 bits per heavy atom. The summed E-state index contributed by atoms with van der Waals surface area (Å²) >= 11 is 0. The fraction of sp³-hybridized carbons (Fsp3) is 0.476. The van der Waals surface area contributed by atoms with E-state index in [0.717, 1.165) is 16.8 Å². The second-order valence-electron chi connectivity index (χ2n) is 8.09. The summed E-state index contributed by atoms with van der Waals surface area (Å²) in [6.07, 6.45) is -0.636. The topological polar surface area (TPSA) is 88.8 Å². The van der Waals surface area contributed by atoms with Crippen LogP contribution in [0.2, 0.25) is 0 Å². The first-order valence-electron chi connectivity index (χ1n) is 10.4. The normalized spacial score (nSPS) is 15.9. The molecular formula is C21H24F3N7O. The van der Waals surface area contributed by atoms with Crippen LogP contribution in [0.15, 0.2) is 24.5 Å². The maximum atomic E-state index is 12.7. The Bertz CT molecular complexity index is 1120. The number of nitrogens with zero attached hydrogens (tertiary/aromatic N) is 6. The van der Waals surface area contributed by atoms with Crippen LogP contribution in [-0.2, 0) is 11.8 Å². The van der Waals surface area contributed by atoms with E-state index in [4.69, 9.17) is 0 Å². The minimum Gasteiger partial charge on any atom is -0.314 e. The number of amides is 1. The number of carbonyl (C=O) groups excluding carboxylic acids is 1. The number of alkyl halides is 3. The Balaban J connectivity index is 1.41. The zero-order chi connectivity index (χ0) is 22.9. The van der Waals surface area contributed by atoms with Crippen molar-refractivity contribution in [2.24, 2.45) is 13.0 Å². The molecular weight excluding hydrogens is 423 g/mol. The fourth-order valence-corrected chi connectivity index (χ4v) is 3.81. The van der Waals surface area contributed by atoms with Crippen LogP contribution >= 0.6 is 0 Å². The van der Waals surface area contributed by atoms with E-state index in [1.807, 2.05) is 24.6 Å². The lowest BCUT2D eigenvalue weighted by Gasteiger charge is -2.31. The molecule has 1 saturated heterocycles. The van der Waals surface area contributed by atoms with Gasteiger partial charge in [-0.3, -0.25) is 9.78 Å². The fourth-order valence-electron chi connectivity index (χ4n) is 3.81. The van der Waals surface area contributed by atoms with Crippen molar-refractivity contribution in [1.29, 1.82) is 0 Å². The van der Waals surface area contributed by atoms with E-state index in [9.17, 15) is 18.0 Å². The van der Waals surface area contributed by atoms with Crippen LogP contribution in [-0.4, -0.2) is 61.4 Å². The summed E-state index contributed by atoms with van der Waals surface area (Å²) in [4.78, 5) is 23.1.